The Hall–Kier alpha value is -1.19. The molecule has 102 valence electrons. The topological polar surface area (TPSA) is 108 Å². The first-order valence-electron chi connectivity index (χ1n) is 5.27. The van der Waals surface area contributed by atoms with Gasteiger partial charge in [-0.3, -0.25) is 0 Å². The Bertz CT molecular complexity index is 524. The van der Waals surface area contributed by atoms with Crippen molar-refractivity contribution in [2.45, 2.75) is 13.8 Å². The van der Waals surface area contributed by atoms with E-state index in [0.717, 1.165) is 11.3 Å². The molecule has 0 aromatic carbocycles. The molecule has 0 aliphatic carbocycles. The monoisotopic (exact) mass is 293 g/mol. The van der Waals surface area contributed by atoms with Gasteiger partial charge in [-0.1, -0.05) is 18.3 Å². The lowest BCUT2D eigenvalue weighted by Crippen LogP contribution is -2.29. The van der Waals surface area contributed by atoms with Gasteiger partial charge in [0.25, 0.3) is 0 Å². The Morgan fingerprint density at radius 3 is 2.67 bits per heavy atom. The summed E-state index contributed by atoms with van der Waals surface area (Å²) in [4.78, 5) is 15.0. The highest BCUT2D eigenvalue weighted by Crippen LogP contribution is 2.21. The molecule has 0 fully saturated rings. The molecule has 0 aliphatic heterocycles. The van der Waals surface area contributed by atoms with Gasteiger partial charge >= 0.3 is 5.97 Å². The second-order valence-electron chi connectivity index (χ2n) is 3.48. The molecule has 0 saturated heterocycles. The van der Waals surface area contributed by atoms with Crippen molar-refractivity contribution in [3.8, 4) is 0 Å². The summed E-state index contributed by atoms with van der Waals surface area (Å²) in [6, 6.07) is 0. The predicted octanol–water partition coefficient (Wildman–Crippen LogP) is 0.501. The number of rotatable bonds is 7. The molecule has 0 bridgehead atoms. The van der Waals surface area contributed by atoms with Gasteiger partial charge in [-0.25, -0.2) is 22.9 Å². The highest BCUT2D eigenvalue weighted by Gasteiger charge is 2.14. The molecule has 18 heavy (non-hydrogen) atoms. The fourth-order valence-electron chi connectivity index (χ4n) is 1.25. The van der Waals surface area contributed by atoms with E-state index in [-0.39, 0.29) is 17.2 Å². The lowest BCUT2D eigenvalue weighted by molar-refractivity contribution is 0.0701. The number of carboxylic acids is 1. The van der Waals surface area contributed by atoms with E-state index in [4.69, 9.17) is 5.11 Å². The molecule has 0 saturated carbocycles. The van der Waals surface area contributed by atoms with E-state index in [0.29, 0.717) is 17.4 Å². The maximum Gasteiger partial charge on any atom is 0.347 e. The third-order valence-electron chi connectivity index (χ3n) is 2.00. The molecule has 1 heterocycles. The molecule has 1 aromatic rings. The quantitative estimate of drug-likeness (QED) is 0.675. The fourth-order valence-corrected chi connectivity index (χ4v) is 3.04. The molecule has 1 aromatic heterocycles. The molecule has 0 aliphatic rings. The van der Waals surface area contributed by atoms with E-state index in [1.54, 1.807) is 13.8 Å². The molecule has 0 unspecified atom stereocenters. The first-order chi connectivity index (χ1) is 8.35. The third-order valence-corrected chi connectivity index (χ3v) is 4.58. The minimum atomic E-state index is -3.27. The van der Waals surface area contributed by atoms with Crippen LogP contribution in [0.5, 0.6) is 0 Å². The van der Waals surface area contributed by atoms with Gasteiger partial charge in [-0.05, 0) is 6.92 Å². The van der Waals surface area contributed by atoms with E-state index < -0.39 is 16.0 Å². The minimum absolute atomic E-state index is 0.0815. The van der Waals surface area contributed by atoms with Gasteiger partial charge in [0.15, 0.2) is 5.13 Å². The number of hydrogen-bond donors (Lipinski definition) is 3. The molecule has 0 amide bonds. The lowest BCUT2D eigenvalue weighted by atomic mass is 10.4. The van der Waals surface area contributed by atoms with E-state index in [9.17, 15) is 13.2 Å². The van der Waals surface area contributed by atoms with Crippen LogP contribution < -0.4 is 10.0 Å². The van der Waals surface area contributed by atoms with Crippen molar-refractivity contribution in [2.24, 2.45) is 0 Å². The van der Waals surface area contributed by atoms with Gasteiger partial charge in [0.05, 0.1) is 11.4 Å². The minimum Gasteiger partial charge on any atom is -0.477 e. The van der Waals surface area contributed by atoms with Crippen LogP contribution in [-0.4, -0.2) is 43.3 Å². The molecule has 7 nitrogen and oxygen atoms in total. The van der Waals surface area contributed by atoms with Crippen LogP contribution in [0.25, 0.3) is 0 Å². The fraction of sp³-hybridized carbons (Fsp3) is 0.556. The molecular formula is C9H15N3O4S2. The van der Waals surface area contributed by atoms with Crippen LogP contribution in [0.15, 0.2) is 0 Å². The number of aromatic carboxylic acids is 1. The summed E-state index contributed by atoms with van der Waals surface area (Å²) in [5.74, 6) is -1.11. The van der Waals surface area contributed by atoms with E-state index in [1.807, 2.05) is 0 Å². The first-order valence-corrected chi connectivity index (χ1v) is 7.74. The van der Waals surface area contributed by atoms with Gasteiger partial charge in [-0.15, -0.1) is 0 Å². The number of nitrogens with zero attached hydrogens (tertiary/aromatic N) is 1. The van der Waals surface area contributed by atoms with Crippen LogP contribution in [-0.2, 0) is 10.0 Å². The van der Waals surface area contributed by atoms with Gasteiger partial charge in [0.2, 0.25) is 10.0 Å². The van der Waals surface area contributed by atoms with Crippen LogP contribution in [0.2, 0.25) is 0 Å². The Kier molecular flexibility index (Phi) is 5.05. The summed E-state index contributed by atoms with van der Waals surface area (Å²) in [7, 11) is -3.27. The lowest BCUT2D eigenvalue weighted by Gasteiger charge is -2.04. The van der Waals surface area contributed by atoms with Gasteiger partial charge < -0.3 is 10.4 Å². The van der Waals surface area contributed by atoms with Crippen LogP contribution in [0.3, 0.4) is 0 Å². The van der Waals surface area contributed by atoms with Crippen LogP contribution >= 0.6 is 11.3 Å². The van der Waals surface area contributed by atoms with Gasteiger partial charge in [-0.2, -0.15) is 0 Å². The summed E-state index contributed by atoms with van der Waals surface area (Å²) < 4.78 is 25.0. The number of sulfonamides is 1. The van der Waals surface area contributed by atoms with Gasteiger partial charge in [0, 0.05) is 13.1 Å². The number of hydrogen-bond acceptors (Lipinski definition) is 6. The number of thiazole rings is 1. The van der Waals surface area contributed by atoms with Crippen molar-refractivity contribution < 1.29 is 18.3 Å². The summed E-state index contributed by atoms with van der Waals surface area (Å²) in [6.07, 6.45) is 0. The van der Waals surface area contributed by atoms with Crippen molar-refractivity contribution in [1.82, 2.24) is 9.71 Å². The van der Waals surface area contributed by atoms with Crippen molar-refractivity contribution >= 4 is 32.5 Å². The number of aromatic nitrogens is 1. The number of carboxylic acid groups (broad SMARTS) is 1. The smallest absolute Gasteiger partial charge is 0.347 e. The van der Waals surface area contributed by atoms with E-state index in [2.05, 4.69) is 15.0 Å². The second kappa shape index (κ2) is 6.12. The van der Waals surface area contributed by atoms with Crippen molar-refractivity contribution in [3.05, 3.63) is 10.6 Å². The Labute approximate surface area is 109 Å². The highest BCUT2D eigenvalue weighted by atomic mass is 32.2. The summed E-state index contributed by atoms with van der Waals surface area (Å²) in [5, 5.41) is 12.1. The van der Waals surface area contributed by atoms with Crippen LogP contribution in [0.4, 0.5) is 5.13 Å². The molecule has 9 heteroatoms. The summed E-state index contributed by atoms with van der Waals surface area (Å²) >= 11 is 0.995. The molecule has 0 spiro atoms. The maximum atomic E-state index is 11.3. The third kappa shape index (κ3) is 4.24. The first kappa shape index (κ1) is 14.9. The number of anilines is 1. The summed E-state index contributed by atoms with van der Waals surface area (Å²) in [6.45, 7) is 3.83. The zero-order valence-electron chi connectivity index (χ0n) is 10.1. The SMILES string of the molecule is CCNS(=O)(=O)CCNc1nc(C)c(C(=O)O)s1. The standard InChI is InChI=1S/C9H15N3O4S2/c1-3-11-18(15,16)5-4-10-9-12-6(2)7(17-9)8(13)14/h11H,3-5H2,1-2H3,(H,10,12)(H,13,14). The predicted molar refractivity (Wildman–Crippen MR) is 69.8 cm³/mol. The highest BCUT2D eigenvalue weighted by molar-refractivity contribution is 7.89. The van der Waals surface area contributed by atoms with Crippen molar-refractivity contribution in [3.63, 3.8) is 0 Å². The second-order valence-corrected chi connectivity index (χ2v) is 6.41. The average Bonchev–Trinajstić information content (AvgIpc) is 2.59. The molecular weight excluding hydrogens is 278 g/mol. The largest absolute Gasteiger partial charge is 0.477 e. The maximum absolute atomic E-state index is 11.3. The normalized spacial score (nSPS) is 11.4. The van der Waals surface area contributed by atoms with Crippen LogP contribution in [0, 0.1) is 6.92 Å². The Balaban J connectivity index is 2.55. The molecule has 0 radical (unpaired) electrons. The van der Waals surface area contributed by atoms with Gasteiger partial charge in [0.1, 0.15) is 4.88 Å². The summed E-state index contributed by atoms with van der Waals surface area (Å²) in [5.41, 5.74) is 0.421. The van der Waals surface area contributed by atoms with E-state index >= 15 is 0 Å². The zero-order chi connectivity index (χ0) is 13.8. The zero-order valence-corrected chi connectivity index (χ0v) is 11.7. The van der Waals surface area contributed by atoms with Crippen LogP contribution in [0.1, 0.15) is 22.3 Å². The molecule has 3 N–H and O–H groups in total. The van der Waals surface area contributed by atoms with E-state index in [1.165, 1.54) is 0 Å². The number of aryl methyl sites for hydroxylation is 1. The van der Waals surface area contributed by atoms with Crippen molar-refractivity contribution in [1.29, 1.82) is 0 Å². The molecule has 1 rings (SSSR count). The number of carbonyl (C=O) groups is 1. The Morgan fingerprint density at radius 2 is 2.17 bits per heavy atom. The number of nitrogens with one attached hydrogen (secondary N) is 2. The molecule has 0 atom stereocenters. The Morgan fingerprint density at radius 1 is 1.50 bits per heavy atom. The van der Waals surface area contributed by atoms with Crippen molar-refractivity contribution in [2.75, 3.05) is 24.2 Å². The average molecular weight is 293 g/mol.